The van der Waals surface area contributed by atoms with Crippen molar-refractivity contribution in [2.45, 2.75) is 12.6 Å². The number of benzene rings is 1. The van der Waals surface area contributed by atoms with Gasteiger partial charge in [0.1, 0.15) is 11.6 Å². The minimum atomic E-state index is -4.48. The maximum Gasteiger partial charge on any atom is 0.417 e. The number of pyridine rings is 1. The fraction of sp³-hybridized carbons (Fsp3) is 0.368. The number of nitrogens with zero attached hydrogens (tertiary/aromatic N) is 3. The Morgan fingerprint density at radius 2 is 1.82 bits per heavy atom. The van der Waals surface area contributed by atoms with Crippen LogP contribution >= 0.6 is 11.6 Å². The van der Waals surface area contributed by atoms with E-state index in [0.29, 0.717) is 37.7 Å². The number of hydrogen-bond acceptors (Lipinski definition) is 4. The van der Waals surface area contributed by atoms with Crippen molar-refractivity contribution in [3.8, 4) is 5.75 Å². The molecule has 1 aliphatic heterocycles. The third-order valence-electron chi connectivity index (χ3n) is 4.41. The van der Waals surface area contributed by atoms with Crippen LogP contribution in [0.3, 0.4) is 0 Å². The van der Waals surface area contributed by atoms with Crippen LogP contribution in [0.4, 0.5) is 19.0 Å². The zero-order valence-corrected chi connectivity index (χ0v) is 15.7. The van der Waals surface area contributed by atoms with Gasteiger partial charge in [-0.3, -0.25) is 4.79 Å². The summed E-state index contributed by atoms with van der Waals surface area (Å²) >= 11 is 5.99. The van der Waals surface area contributed by atoms with E-state index < -0.39 is 11.7 Å². The first kappa shape index (κ1) is 20.3. The molecule has 0 atom stereocenters. The van der Waals surface area contributed by atoms with Gasteiger partial charge in [0.15, 0.2) is 0 Å². The molecule has 2 heterocycles. The van der Waals surface area contributed by atoms with Gasteiger partial charge in [-0.05, 0) is 18.2 Å². The van der Waals surface area contributed by atoms with Crippen LogP contribution < -0.4 is 9.64 Å². The van der Waals surface area contributed by atoms with Crippen LogP contribution in [0.2, 0.25) is 5.02 Å². The van der Waals surface area contributed by atoms with Crippen molar-refractivity contribution in [2.75, 3.05) is 37.7 Å². The van der Waals surface area contributed by atoms with E-state index >= 15 is 0 Å². The number of ether oxygens (including phenoxy) is 1. The van der Waals surface area contributed by atoms with E-state index in [-0.39, 0.29) is 24.0 Å². The zero-order valence-electron chi connectivity index (χ0n) is 15.0. The van der Waals surface area contributed by atoms with E-state index in [1.54, 1.807) is 9.80 Å². The van der Waals surface area contributed by atoms with Gasteiger partial charge in [0.05, 0.1) is 23.6 Å². The van der Waals surface area contributed by atoms with Gasteiger partial charge in [0.25, 0.3) is 0 Å². The Labute approximate surface area is 165 Å². The fourth-order valence-electron chi connectivity index (χ4n) is 2.92. The van der Waals surface area contributed by atoms with Crippen molar-refractivity contribution in [1.29, 1.82) is 0 Å². The van der Waals surface area contributed by atoms with Gasteiger partial charge in [-0.1, -0.05) is 29.8 Å². The van der Waals surface area contributed by atoms with E-state index in [2.05, 4.69) is 4.98 Å². The molecule has 1 fully saturated rings. The van der Waals surface area contributed by atoms with E-state index in [0.717, 1.165) is 12.3 Å². The highest BCUT2D eigenvalue weighted by molar-refractivity contribution is 6.33. The van der Waals surface area contributed by atoms with Crippen molar-refractivity contribution in [3.63, 3.8) is 0 Å². The minimum absolute atomic E-state index is 0.0259. The average molecular weight is 414 g/mol. The predicted molar refractivity (Wildman–Crippen MR) is 99.6 cm³/mol. The summed E-state index contributed by atoms with van der Waals surface area (Å²) in [6.45, 7) is 2.08. The normalized spacial score (nSPS) is 14.9. The van der Waals surface area contributed by atoms with Crippen molar-refractivity contribution in [2.24, 2.45) is 0 Å². The third-order valence-corrected chi connectivity index (χ3v) is 4.69. The number of carbonyl (C=O) groups excluding carboxylic acids is 1. The second-order valence-electron chi connectivity index (χ2n) is 6.31. The maximum atomic E-state index is 12.7. The van der Waals surface area contributed by atoms with Gasteiger partial charge in [-0.2, -0.15) is 13.2 Å². The number of amides is 1. The van der Waals surface area contributed by atoms with Gasteiger partial charge in [-0.25, -0.2) is 4.98 Å². The molecule has 9 heteroatoms. The standard InChI is InChI=1S/C19H19ClF3N3O2/c20-16-12-14(19(21,22)23)13-24-18(16)26-9-7-25(8-10-26)17(27)6-11-28-15-4-2-1-3-5-15/h1-5,12-13H,6-11H2. The summed E-state index contributed by atoms with van der Waals surface area (Å²) in [5.41, 5.74) is -0.881. The maximum absolute atomic E-state index is 12.7. The molecule has 2 aromatic rings. The van der Waals surface area contributed by atoms with E-state index in [9.17, 15) is 18.0 Å². The first-order valence-corrected chi connectivity index (χ1v) is 9.16. The van der Waals surface area contributed by atoms with Crippen molar-refractivity contribution in [3.05, 3.63) is 53.2 Å². The molecular weight excluding hydrogens is 395 g/mol. The first-order chi connectivity index (χ1) is 13.3. The van der Waals surface area contributed by atoms with Crippen LogP contribution in [0.1, 0.15) is 12.0 Å². The van der Waals surface area contributed by atoms with Gasteiger partial charge >= 0.3 is 6.18 Å². The lowest BCUT2D eigenvalue weighted by Crippen LogP contribution is -2.49. The molecule has 1 aliphatic rings. The Kier molecular flexibility index (Phi) is 6.28. The number of piperazine rings is 1. The van der Waals surface area contributed by atoms with E-state index in [1.165, 1.54) is 0 Å². The highest BCUT2D eigenvalue weighted by Gasteiger charge is 2.32. The molecule has 3 rings (SSSR count). The number of rotatable bonds is 5. The summed E-state index contributed by atoms with van der Waals surface area (Å²) in [5.74, 6) is 0.986. The molecule has 1 amide bonds. The molecule has 0 unspecified atom stereocenters. The second-order valence-corrected chi connectivity index (χ2v) is 6.71. The van der Waals surface area contributed by atoms with Gasteiger partial charge in [0.2, 0.25) is 5.91 Å². The minimum Gasteiger partial charge on any atom is -0.493 e. The number of aromatic nitrogens is 1. The number of para-hydroxylation sites is 1. The molecule has 0 radical (unpaired) electrons. The number of carbonyl (C=O) groups is 1. The fourth-order valence-corrected chi connectivity index (χ4v) is 3.20. The van der Waals surface area contributed by atoms with Crippen LogP contribution in [-0.2, 0) is 11.0 Å². The van der Waals surface area contributed by atoms with Crippen LogP contribution in [0.15, 0.2) is 42.6 Å². The molecular formula is C19H19ClF3N3O2. The van der Waals surface area contributed by atoms with Crippen molar-refractivity contribution >= 4 is 23.3 Å². The molecule has 0 bridgehead atoms. The molecule has 1 aromatic heterocycles. The highest BCUT2D eigenvalue weighted by Crippen LogP contribution is 2.33. The number of anilines is 1. The molecule has 0 aliphatic carbocycles. The summed E-state index contributed by atoms with van der Waals surface area (Å²) in [6, 6.07) is 10.1. The quantitative estimate of drug-likeness (QED) is 0.746. The monoisotopic (exact) mass is 413 g/mol. The molecule has 0 saturated carbocycles. The predicted octanol–water partition coefficient (Wildman–Crippen LogP) is 3.87. The Bertz CT molecular complexity index is 810. The molecule has 0 spiro atoms. The molecule has 1 aromatic carbocycles. The Morgan fingerprint density at radius 3 is 2.43 bits per heavy atom. The van der Waals surface area contributed by atoms with Gasteiger partial charge < -0.3 is 14.5 Å². The van der Waals surface area contributed by atoms with Crippen LogP contribution in [0, 0.1) is 0 Å². The SMILES string of the molecule is O=C(CCOc1ccccc1)N1CCN(c2ncc(C(F)(F)F)cc2Cl)CC1. The number of hydrogen-bond donors (Lipinski definition) is 0. The summed E-state index contributed by atoms with van der Waals surface area (Å²) in [4.78, 5) is 19.7. The van der Waals surface area contributed by atoms with E-state index in [4.69, 9.17) is 16.3 Å². The molecule has 150 valence electrons. The number of halogens is 4. The second kappa shape index (κ2) is 8.68. The molecule has 28 heavy (non-hydrogen) atoms. The lowest BCUT2D eigenvalue weighted by molar-refractivity contribution is -0.138. The lowest BCUT2D eigenvalue weighted by Gasteiger charge is -2.35. The van der Waals surface area contributed by atoms with Gasteiger partial charge in [0, 0.05) is 32.4 Å². The average Bonchev–Trinajstić information content (AvgIpc) is 2.68. The van der Waals surface area contributed by atoms with E-state index in [1.807, 2.05) is 30.3 Å². The Hall–Kier alpha value is -2.48. The Morgan fingerprint density at radius 1 is 1.14 bits per heavy atom. The largest absolute Gasteiger partial charge is 0.493 e. The van der Waals surface area contributed by atoms with Crippen molar-refractivity contribution in [1.82, 2.24) is 9.88 Å². The lowest BCUT2D eigenvalue weighted by atomic mass is 10.2. The van der Waals surface area contributed by atoms with Crippen LogP contribution in [-0.4, -0.2) is 48.6 Å². The molecule has 1 saturated heterocycles. The molecule has 0 N–H and O–H groups in total. The Balaban J connectivity index is 1.49. The zero-order chi connectivity index (χ0) is 20.1. The van der Waals surface area contributed by atoms with Gasteiger partial charge in [-0.15, -0.1) is 0 Å². The van der Waals surface area contributed by atoms with Crippen molar-refractivity contribution < 1.29 is 22.7 Å². The number of alkyl halides is 3. The summed E-state index contributed by atoms with van der Waals surface area (Å²) in [7, 11) is 0. The first-order valence-electron chi connectivity index (χ1n) is 8.78. The van der Waals surface area contributed by atoms with Crippen LogP contribution in [0.5, 0.6) is 5.75 Å². The van der Waals surface area contributed by atoms with Crippen LogP contribution in [0.25, 0.3) is 0 Å². The summed E-state index contributed by atoms with van der Waals surface area (Å²) < 4.78 is 43.7. The summed E-state index contributed by atoms with van der Waals surface area (Å²) in [5, 5.41) is -0.0501. The summed E-state index contributed by atoms with van der Waals surface area (Å²) in [6.07, 6.45) is -3.45. The molecule has 5 nitrogen and oxygen atoms in total. The smallest absolute Gasteiger partial charge is 0.417 e. The highest BCUT2D eigenvalue weighted by atomic mass is 35.5. The topological polar surface area (TPSA) is 45.7 Å². The third kappa shape index (κ3) is 5.07.